The Hall–Kier alpha value is -2.37. The lowest BCUT2D eigenvalue weighted by atomic mass is 10.1. The highest BCUT2D eigenvalue weighted by molar-refractivity contribution is 6.05. The maximum absolute atomic E-state index is 12.2. The van der Waals surface area contributed by atoms with Crippen LogP contribution in [0, 0.1) is 6.92 Å². The number of amides is 3. The van der Waals surface area contributed by atoms with Crippen molar-refractivity contribution in [2.45, 2.75) is 6.92 Å². The van der Waals surface area contributed by atoms with E-state index >= 15 is 0 Å². The highest BCUT2D eigenvalue weighted by Crippen LogP contribution is 2.17. The Balaban J connectivity index is 2.21. The Kier molecular flexibility index (Phi) is 3.50. The Morgan fingerprint density at radius 3 is 2.42 bits per heavy atom. The average molecular weight is 261 g/mol. The molecule has 1 aliphatic heterocycles. The zero-order valence-corrected chi connectivity index (χ0v) is 10.8. The molecule has 2 rings (SSSR count). The lowest BCUT2D eigenvalue weighted by Gasteiger charge is -2.25. The first-order valence-corrected chi connectivity index (χ1v) is 5.91. The van der Waals surface area contributed by atoms with Gasteiger partial charge in [0, 0.05) is 18.3 Å². The molecule has 0 aromatic heterocycles. The molecule has 0 unspecified atom stereocenters. The number of rotatable bonds is 2. The third-order valence-corrected chi connectivity index (χ3v) is 2.98. The second kappa shape index (κ2) is 5.09. The van der Waals surface area contributed by atoms with E-state index in [1.807, 2.05) is 6.92 Å². The highest BCUT2D eigenvalue weighted by atomic mass is 16.2. The zero-order chi connectivity index (χ0) is 14.0. The number of piperazine rings is 1. The summed E-state index contributed by atoms with van der Waals surface area (Å²) < 4.78 is 0. The van der Waals surface area contributed by atoms with Crippen LogP contribution in [0.25, 0.3) is 0 Å². The molecule has 6 heteroatoms. The van der Waals surface area contributed by atoms with E-state index < -0.39 is 11.8 Å². The smallest absolute Gasteiger partial charge is 0.254 e. The van der Waals surface area contributed by atoms with Crippen molar-refractivity contribution in [1.82, 2.24) is 10.2 Å². The van der Waals surface area contributed by atoms with Gasteiger partial charge in [-0.15, -0.1) is 0 Å². The number of imide groups is 1. The third kappa shape index (κ3) is 2.73. The summed E-state index contributed by atoms with van der Waals surface area (Å²) in [4.78, 5) is 36.0. The summed E-state index contributed by atoms with van der Waals surface area (Å²) in [5.41, 5.74) is 2.34. The van der Waals surface area contributed by atoms with Crippen molar-refractivity contribution in [2.24, 2.45) is 0 Å². The number of benzene rings is 1. The van der Waals surface area contributed by atoms with Crippen LogP contribution in [-0.4, -0.2) is 42.8 Å². The molecular weight excluding hydrogens is 246 g/mol. The van der Waals surface area contributed by atoms with Crippen molar-refractivity contribution in [2.75, 3.05) is 25.5 Å². The van der Waals surface area contributed by atoms with Gasteiger partial charge in [-0.05, 0) is 30.7 Å². The Morgan fingerprint density at radius 2 is 1.89 bits per heavy atom. The van der Waals surface area contributed by atoms with Gasteiger partial charge in [-0.2, -0.15) is 0 Å². The number of hydrogen-bond donors (Lipinski definition) is 2. The summed E-state index contributed by atoms with van der Waals surface area (Å²) in [6, 6.07) is 5.22. The number of carbonyl (C=O) groups excluding carboxylic acids is 3. The summed E-state index contributed by atoms with van der Waals surface area (Å²) in [5.74, 6) is -1.21. The Bertz CT molecular complexity index is 538. The first kappa shape index (κ1) is 13.1. The number of nitrogens with one attached hydrogen (secondary N) is 2. The van der Waals surface area contributed by atoms with Gasteiger partial charge in [0.15, 0.2) is 0 Å². The second-order valence-corrected chi connectivity index (χ2v) is 4.41. The van der Waals surface area contributed by atoms with Crippen LogP contribution < -0.4 is 10.6 Å². The molecule has 0 aliphatic carbocycles. The van der Waals surface area contributed by atoms with E-state index in [2.05, 4.69) is 10.6 Å². The number of hydrogen-bond acceptors (Lipinski definition) is 4. The monoisotopic (exact) mass is 261 g/mol. The largest absolute Gasteiger partial charge is 0.388 e. The molecule has 6 nitrogen and oxygen atoms in total. The molecular formula is C13H15N3O3. The van der Waals surface area contributed by atoms with Gasteiger partial charge in [0.1, 0.15) is 13.1 Å². The molecule has 1 aromatic carbocycles. The molecule has 1 aliphatic rings. The van der Waals surface area contributed by atoms with E-state index in [-0.39, 0.29) is 19.0 Å². The molecule has 19 heavy (non-hydrogen) atoms. The van der Waals surface area contributed by atoms with Crippen LogP contribution in [0.4, 0.5) is 5.69 Å². The third-order valence-electron chi connectivity index (χ3n) is 2.98. The number of carbonyl (C=O) groups is 3. The van der Waals surface area contributed by atoms with Crippen LogP contribution in [0.5, 0.6) is 0 Å². The normalized spacial score (nSPS) is 15.2. The SMILES string of the molecule is CNc1ccc(C(=O)N2CC(=O)NC(=O)C2)cc1C. The fourth-order valence-corrected chi connectivity index (χ4v) is 2.04. The van der Waals surface area contributed by atoms with Gasteiger partial charge in [-0.25, -0.2) is 0 Å². The minimum Gasteiger partial charge on any atom is -0.388 e. The summed E-state index contributed by atoms with van der Waals surface area (Å²) in [7, 11) is 1.80. The maximum Gasteiger partial charge on any atom is 0.254 e. The van der Waals surface area contributed by atoms with Crippen molar-refractivity contribution >= 4 is 23.4 Å². The van der Waals surface area contributed by atoms with Crippen LogP contribution >= 0.6 is 0 Å². The van der Waals surface area contributed by atoms with Crippen molar-refractivity contribution in [3.05, 3.63) is 29.3 Å². The van der Waals surface area contributed by atoms with E-state index in [1.54, 1.807) is 25.2 Å². The van der Waals surface area contributed by atoms with Gasteiger partial charge >= 0.3 is 0 Å². The number of nitrogens with zero attached hydrogens (tertiary/aromatic N) is 1. The molecule has 1 saturated heterocycles. The van der Waals surface area contributed by atoms with E-state index in [9.17, 15) is 14.4 Å². The van der Waals surface area contributed by atoms with Gasteiger partial charge in [0.25, 0.3) is 5.91 Å². The average Bonchev–Trinajstić information content (AvgIpc) is 2.36. The summed E-state index contributed by atoms with van der Waals surface area (Å²) in [5, 5.41) is 5.18. The second-order valence-electron chi connectivity index (χ2n) is 4.41. The molecule has 1 aromatic rings. The number of aryl methyl sites for hydroxylation is 1. The van der Waals surface area contributed by atoms with Crippen LogP contribution in [0.2, 0.25) is 0 Å². The van der Waals surface area contributed by atoms with Gasteiger partial charge < -0.3 is 10.2 Å². The van der Waals surface area contributed by atoms with E-state index in [0.717, 1.165) is 11.3 Å². The predicted molar refractivity (Wildman–Crippen MR) is 69.8 cm³/mol. The minimum absolute atomic E-state index is 0.0859. The van der Waals surface area contributed by atoms with Crippen LogP contribution in [-0.2, 0) is 9.59 Å². The van der Waals surface area contributed by atoms with Crippen LogP contribution in [0.3, 0.4) is 0 Å². The summed E-state index contributed by atoms with van der Waals surface area (Å²) in [6.07, 6.45) is 0. The summed E-state index contributed by atoms with van der Waals surface area (Å²) >= 11 is 0. The lowest BCUT2D eigenvalue weighted by molar-refractivity contribution is -0.135. The van der Waals surface area contributed by atoms with Gasteiger partial charge in [-0.3, -0.25) is 19.7 Å². The quantitative estimate of drug-likeness (QED) is 0.742. The number of anilines is 1. The van der Waals surface area contributed by atoms with Gasteiger partial charge in [0.05, 0.1) is 0 Å². The van der Waals surface area contributed by atoms with Crippen LogP contribution in [0.15, 0.2) is 18.2 Å². The topological polar surface area (TPSA) is 78.5 Å². The van der Waals surface area contributed by atoms with E-state index in [1.165, 1.54) is 4.90 Å². The van der Waals surface area contributed by atoms with E-state index in [0.29, 0.717) is 5.56 Å². The first-order chi connectivity index (χ1) is 9.01. The maximum atomic E-state index is 12.2. The molecule has 2 N–H and O–H groups in total. The molecule has 1 fully saturated rings. The molecule has 100 valence electrons. The Morgan fingerprint density at radius 1 is 1.26 bits per heavy atom. The lowest BCUT2D eigenvalue weighted by Crippen LogP contribution is -2.53. The van der Waals surface area contributed by atoms with Gasteiger partial charge in [0.2, 0.25) is 11.8 Å². The van der Waals surface area contributed by atoms with Crippen molar-refractivity contribution in [3.63, 3.8) is 0 Å². The molecule has 3 amide bonds. The molecule has 0 spiro atoms. The molecule has 1 heterocycles. The van der Waals surface area contributed by atoms with E-state index in [4.69, 9.17) is 0 Å². The zero-order valence-electron chi connectivity index (χ0n) is 10.8. The minimum atomic E-state index is -0.451. The first-order valence-electron chi connectivity index (χ1n) is 5.91. The molecule has 0 saturated carbocycles. The van der Waals surface area contributed by atoms with Crippen molar-refractivity contribution in [1.29, 1.82) is 0 Å². The van der Waals surface area contributed by atoms with Crippen molar-refractivity contribution in [3.8, 4) is 0 Å². The van der Waals surface area contributed by atoms with Crippen molar-refractivity contribution < 1.29 is 14.4 Å². The van der Waals surface area contributed by atoms with Crippen LogP contribution in [0.1, 0.15) is 15.9 Å². The molecule has 0 bridgehead atoms. The standard InChI is InChI=1S/C13H15N3O3/c1-8-5-9(3-4-10(8)14-2)13(19)16-6-11(17)15-12(18)7-16/h3-5,14H,6-7H2,1-2H3,(H,15,17,18). The highest BCUT2D eigenvalue weighted by Gasteiger charge is 2.27. The molecule has 0 radical (unpaired) electrons. The molecule has 0 atom stereocenters. The fraction of sp³-hybridized carbons (Fsp3) is 0.308. The van der Waals surface area contributed by atoms with Gasteiger partial charge in [-0.1, -0.05) is 0 Å². The summed E-state index contributed by atoms with van der Waals surface area (Å²) in [6.45, 7) is 1.71. The Labute approximate surface area is 110 Å². The fourth-order valence-electron chi connectivity index (χ4n) is 2.04. The predicted octanol–water partition coefficient (Wildman–Crippen LogP) is 0.135.